The number of alkyl halides is 3. The Bertz CT molecular complexity index is 496. The average molecular weight is 292 g/mol. The summed E-state index contributed by atoms with van der Waals surface area (Å²) in [5, 5.41) is 2.16. The molecule has 0 spiro atoms. The molecule has 0 aliphatic rings. The quantitative estimate of drug-likeness (QED) is 0.818. The van der Waals surface area contributed by atoms with Gasteiger partial charge in [0.1, 0.15) is 5.60 Å². The molecule has 1 aromatic rings. The maximum absolute atomic E-state index is 12.2. The van der Waals surface area contributed by atoms with Gasteiger partial charge in [0.25, 0.3) is 0 Å². The second-order valence-electron chi connectivity index (χ2n) is 4.93. The van der Waals surface area contributed by atoms with Crippen molar-refractivity contribution in [3.8, 4) is 5.75 Å². The van der Waals surface area contributed by atoms with E-state index in [0.717, 1.165) is 12.1 Å². The van der Waals surface area contributed by atoms with Crippen LogP contribution in [0, 0.1) is 0 Å². The molecule has 112 valence electrons. The van der Waals surface area contributed by atoms with Crippen LogP contribution >= 0.6 is 0 Å². The van der Waals surface area contributed by atoms with E-state index in [-0.39, 0.29) is 11.4 Å². The van der Waals surface area contributed by atoms with E-state index in [1.165, 1.54) is 6.07 Å². The third kappa shape index (κ3) is 5.68. The third-order valence-electron chi connectivity index (χ3n) is 1.86. The highest BCUT2D eigenvalue weighted by Gasteiger charge is 2.32. The average Bonchev–Trinajstić information content (AvgIpc) is 2.17. The number of nitrogen functional groups attached to an aromatic ring is 1. The van der Waals surface area contributed by atoms with Crippen LogP contribution in [0.3, 0.4) is 0 Å². The SMILES string of the molecule is CC(C)(C)OC(=O)Nc1cc(N)ccc1OC(F)(F)F. The van der Waals surface area contributed by atoms with E-state index in [2.05, 4.69) is 10.1 Å². The summed E-state index contributed by atoms with van der Waals surface area (Å²) in [4.78, 5) is 11.5. The van der Waals surface area contributed by atoms with Gasteiger partial charge in [0, 0.05) is 5.69 Å². The standard InChI is InChI=1S/C12H15F3N2O3/c1-11(2,3)20-10(18)17-8-6-7(16)4-5-9(8)19-12(13,14)15/h4-6H,16H2,1-3H3,(H,17,18). The van der Waals surface area contributed by atoms with E-state index in [1.807, 2.05) is 0 Å². The Kier molecular flexibility index (Phi) is 4.36. The van der Waals surface area contributed by atoms with Gasteiger partial charge in [-0.05, 0) is 39.0 Å². The van der Waals surface area contributed by atoms with Crippen molar-refractivity contribution in [1.29, 1.82) is 0 Å². The number of carbonyl (C=O) groups excluding carboxylic acids is 1. The van der Waals surface area contributed by atoms with Crippen LogP contribution < -0.4 is 15.8 Å². The molecule has 0 aliphatic heterocycles. The lowest BCUT2D eigenvalue weighted by Crippen LogP contribution is -2.27. The number of ether oxygens (including phenoxy) is 2. The molecule has 1 amide bonds. The Morgan fingerprint density at radius 2 is 1.85 bits per heavy atom. The van der Waals surface area contributed by atoms with Crippen molar-refractivity contribution in [3.05, 3.63) is 18.2 Å². The van der Waals surface area contributed by atoms with Gasteiger partial charge in [-0.3, -0.25) is 5.32 Å². The fourth-order valence-corrected chi connectivity index (χ4v) is 1.27. The molecule has 0 aromatic heterocycles. The molecular formula is C12H15F3N2O3. The summed E-state index contributed by atoms with van der Waals surface area (Å²) in [6.07, 6.45) is -5.78. The number of nitrogens with two attached hydrogens (primary N) is 1. The molecule has 3 N–H and O–H groups in total. The van der Waals surface area contributed by atoms with Crippen LogP contribution in [0.5, 0.6) is 5.75 Å². The van der Waals surface area contributed by atoms with E-state index in [4.69, 9.17) is 10.5 Å². The summed E-state index contributed by atoms with van der Waals surface area (Å²) in [6, 6.07) is 3.38. The summed E-state index contributed by atoms with van der Waals surface area (Å²) in [5.74, 6) is -0.572. The Morgan fingerprint density at radius 1 is 1.25 bits per heavy atom. The van der Waals surface area contributed by atoms with E-state index < -0.39 is 23.8 Å². The molecule has 0 saturated heterocycles. The zero-order valence-corrected chi connectivity index (χ0v) is 11.2. The minimum absolute atomic E-state index is 0.172. The van der Waals surface area contributed by atoms with Crippen LogP contribution in [-0.2, 0) is 4.74 Å². The Labute approximate surface area is 113 Å². The molecule has 0 bridgehead atoms. The molecule has 0 fully saturated rings. The lowest BCUT2D eigenvalue weighted by Gasteiger charge is -2.20. The van der Waals surface area contributed by atoms with Crippen molar-refractivity contribution in [2.75, 3.05) is 11.1 Å². The summed E-state index contributed by atoms with van der Waals surface area (Å²) in [6.45, 7) is 4.87. The van der Waals surface area contributed by atoms with Gasteiger partial charge in [-0.2, -0.15) is 0 Å². The van der Waals surface area contributed by atoms with Crippen LogP contribution in [0.1, 0.15) is 20.8 Å². The number of benzene rings is 1. The van der Waals surface area contributed by atoms with Gasteiger partial charge >= 0.3 is 12.5 Å². The van der Waals surface area contributed by atoms with Gasteiger partial charge in [-0.1, -0.05) is 0 Å². The highest BCUT2D eigenvalue weighted by Crippen LogP contribution is 2.32. The number of carbonyl (C=O) groups is 1. The van der Waals surface area contributed by atoms with Crippen molar-refractivity contribution in [1.82, 2.24) is 0 Å². The number of amides is 1. The molecule has 0 radical (unpaired) electrons. The lowest BCUT2D eigenvalue weighted by atomic mass is 10.2. The van der Waals surface area contributed by atoms with E-state index >= 15 is 0 Å². The Balaban J connectivity index is 2.93. The molecule has 0 heterocycles. The molecule has 0 saturated carbocycles. The zero-order valence-electron chi connectivity index (χ0n) is 11.2. The van der Waals surface area contributed by atoms with Gasteiger partial charge in [0.15, 0.2) is 5.75 Å². The number of anilines is 2. The van der Waals surface area contributed by atoms with E-state index in [1.54, 1.807) is 20.8 Å². The molecule has 8 heteroatoms. The second-order valence-corrected chi connectivity index (χ2v) is 4.93. The van der Waals surface area contributed by atoms with Crippen LogP contribution in [0.25, 0.3) is 0 Å². The first kappa shape index (κ1) is 15.9. The number of hydrogen-bond acceptors (Lipinski definition) is 4. The van der Waals surface area contributed by atoms with Crippen molar-refractivity contribution in [2.45, 2.75) is 32.7 Å². The summed E-state index contributed by atoms with van der Waals surface area (Å²) in [7, 11) is 0. The van der Waals surface area contributed by atoms with Crippen molar-refractivity contribution < 1.29 is 27.4 Å². The van der Waals surface area contributed by atoms with Crippen LogP contribution in [-0.4, -0.2) is 18.1 Å². The third-order valence-corrected chi connectivity index (χ3v) is 1.86. The van der Waals surface area contributed by atoms with Crippen molar-refractivity contribution in [2.24, 2.45) is 0 Å². The first-order valence-corrected chi connectivity index (χ1v) is 5.61. The smallest absolute Gasteiger partial charge is 0.444 e. The van der Waals surface area contributed by atoms with Gasteiger partial charge < -0.3 is 15.2 Å². The van der Waals surface area contributed by atoms with Crippen LogP contribution in [0.15, 0.2) is 18.2 Å². The van der Waals surface area contributed by atoms with Gasteiger partial charge in [0.05, 0.1) is 5.69 Å². The van der Waals surface area contributed by atoms with Gasteiger partial charge in [-0.25, -0.2) is 4.79 Å². The minimum atomic E-state index is -4.87. The van der Waals surface area contributed by atoms with Crippen molar-refractivity contribution >= 4 is 17.5 Å². The maximum atomic E-state index is 12.2. The predicted molar refractivity (Wildman–Crippen MR) is 67.4 cm³/mol. The maximum Gasteiger partial charge on any atom is 0.573 e. The summed E-state index contributed by atoms with van der Waals surface area (Å²) < 4.78 is 45.4. The first-order chi connectivity index (χ1) is 8.96. The molecule has 5 nitrogen and oxygen atoms in total. The minimum Gasteiger partial charge on any atom is -0.444 e. The zero-order chi connectivity index (χ0) is 15.6. The van der Waals surface area contributed by atoms with E-state index in [9.17, 15) is 18.0 Å². The molecule has 0 atom stereocenters. The fourth-order valence-electron chi connectivity index (χ4n) is 1.27. The van der Waals surface area contributed by atoms with Crippen LogP contribution in [0.2, 0.25) is 0 Å². The lowest BCUT2D eigenvalue weighted by molar-refractivity contribution is -0.274. The first-order valence-electron chi connectivity index (χ1n) is 5.61. The van der Waals surface area contributed by atoms with Crippen LogP contribution in [0.4, 0.5) is 29.3 Å². The van der Waals surface area contributed by atoms with Gasteiger partial charge in [0.2, 0.25) is 0 Å². The topological polar surface area (TPSA) is 73.6 Å². The highest BCUT2D eigenvalue weighted by molar-refractivity contribution is 5.87. The Morgan fingerprint density at radius 3 is 2.35 bits per heavy atom. The molecule has 1 rings (SSSR count). The number of hydrogen-bond donors (Lipinski definition) is 2. The number of halogens is 3. The monoisotopic (exact) mass is 292 g/mol. The second kappa shape index (κ2) is 5.48. The normalized spacial score (nSPS) is 11.9. The molecular weight excluding hydrogens is 277 g/mol. The molecule has 1 aromatic carbocycles. The van der Waals surface area contributed by atoms with Gasteiger partial charge in [-0.15, -0.1) is 13.2 Å². The number of nitrogens with one attached hydrogen (secondary N) is 1. The fraction of sp³-hybridized carbons (Fsp3) is 0.417. The predicted octanol–water partition coefficient (Wildman–Crippen LogP) is 3.51. The Hall–Kier alpha value is -2.12. The summed E-state index contributed by atoms with van der Waals surface area (Å²) >= 11 is 0. The largest absolute Gasteiger partial charge is 0.573 e. The molecule has 20 heavy (non-hydrogen) atoms. The molecule has 0 aliphatic carbocycles. The molecule has 0 unspecified atom stereocenters. The van der Waals surface area contributed by atoms with E-state index in [0.29, 0.717) is 0 Å². The van der Waals surface area contributed by atoms with Crippen molar-refractivity contribution in [3.63, 3.8) is 0 Å². The summed E-state index contributed by atoms with van der Waals surface area (Å²) in [5.41, 5.74) is 4.63. The number of rotatable bonds is 2. The highest BCUT2D eigenvalue weighted by atomic mass is 19.4.